The lowest BCUT2D eigenvalue weighted by atomic mass is 9.91. The molecular weight excluding hydrogens is 270 g/mol. The van der Waals surface area contributed by atoms with E-state index < -0.39 is 0 Å². The van der Waals surface area contributed by atoms with Crippen LogP contribution in [0.2, 0.25) is 0 Å². The highest BCUT2D eigenvalue weighted by Gasteiger charge is 2.20. The number of phenols is 1. The van der Waals surface area contributed by atoms with E-state index in [-0.39, 0.29) is 5.75 Å². The van der Waals surface area contributed by atoms with Crippen molar-refractivity contribution in [3.05, 3.63) is 22.2 Å². The average Bonchev–Trinajstić information content (AvgIpc) is 2.34. The van der Waals surface area contributed by atoms with Gasteiger partial charge in [-0.2, -0.15) is 0 Å². The number of aromatic hydroxyl groups is 1. The van der Waals surface area contributed by atoms with Gasteiger partial charge in [0.1, 0.15) is 0 Å². The van der Waals surface area contributed by atoms with E-state index >= 15 is 0 Å². The minimum Gasteiger partial charge on any atom is -0.503 e. The minimum absolute atomic E-state index is 0.200. The minimum atomic E-state index is 0.200. The highest BCUT2D eigenvalue weighted by Crippen LogP contribution is 2.40. The normalized spacial score (nSPS) is 20.8. The lowest BCUT2D eigenvalue weighted by Gasteiger charge is -2.24. The molecule has 0 spiro atoms. The second-order valence-electron chi connectivity index (χ2n) is 4.06. The average molecular weight is 286 g/mol. The summed E-state index contributed by atoms with van der Waals surface area (Å²) in [5, 5.41) is 13.3. The van der Waals surface area contributed by atoms with Crippen LogP contribution in [0.3, 0.4) is 0 Å². The zero-order valence-electron chi connectivity index (χ0n) is 9.29. The lowest BCUT2D eigenvalue weighted by molar-refractivity contribution is 0.370. The number of ether oxygens (including phenoxy) is 1. The van der Waals surface area contributed by atoms with Crippen molar-refractivity contribution in [3.63, 3.8) is 0 Å². The molecule has 0 bridgehead atoms. The lowest BCUT2D eigenvalue weighted by Crippen LogP contribution is -2.28. The van der Waals surface area contributed by atoms with Crippen LogP contribution in [0.15, 0.2) is 16.6 Å². The van der Waals surface area contributed by atoms with E-state index in [1.807, 2.05) is 12.1 Å². The molecule has 2 rings (SSSR count). The van der Waals surface area contributed by atoms with E-state index in [1.54, 1.807) is 7.11 Å². The third kappa shape index (κ3) is 2.18. The van der Waals surface area contributed by atoms with Crippen molar-refractivity contribution < 1.29 is 9.84 Å². The van der Waals surface area contributed by atoms with Crippen molar-refractivity contribution in [1.82, 2.24) is 5.32 Å². The molecule has 0 aliphatic carbocycles. The molecule has 1 aromatic carbocycles. The Kier molecular flexibility index (Phi) is 3.71. The van der Waals surface area contributed by atoms with Gasteiger partial charge in [-0.05, 0) is 52.9 Å². The number of benzene rings is 1. The van der Waals surface area contributed by atoms with Gasteiger partial charge in [0, 0.05) is 6.54 Å². The third-order valence-corrected chi connectivity index (χ3v) is 3.90. The molecule has 0 radical (unpaired) electrons. The summed E-state index contributed by atoms with van der Waals surface area (Å²) in [5.74, 6) is 1.19. The first kappa shape index (κ1) is 11.7. The molecule has 0 amide bonds. The Morgan fingerprint density at radius 1 is 1.50 bits per heavy atom. The van der Waals surface area contributed by atoms with Crippen LogP contribution in [0.5, 0.6) is 11.5 Å². The van der Waals surface area contributed by atoms with Gasteiger partial charge in [-0.3, -0.25) is 0 Å². The number of nitrogens with one attached hydrogen (secondary N) is 1. The van der Waals surface area contributed by atoms with E-state index in [0.717, 1.165) is 29.5 Å². The fraction of sp³-hybridized carbons (Fsp3) is 0.500. The van der Waals surface area contributed by atoms with Gasteiger partial charge in [0.05, 0.1) is 11.6 Å². The van der Waals surface area contributed by atoms with Gasteiger partial charge in [0.2, 0.25) is 0 Å². The summed E-state index contributed by atoms with van der Waals surface area (Å²) in [6.07, 6.45) is 2.35. The van der Waals surface area contributed by atoms with E-state index in [1.165, 1.54) is 6.42 Å². The molecule has 2 N–H and O–H groups in total. The van der Waals surface area contributed by atoms with Gasteiger partial charge in [-0.25, -0.2) is 0 Å². The first-order valence-corrected chi connectivity index (χ1v) is 6.29. The second kappa shape index (κ2) is 5.06. The van der Waals surface area contributed by atoms with Crippen LogP contribution in [0.25, 0.3) is 0 Å². The van der Waals surface area contributed by atoms with E-state index in [4.69, 9.17) is 4.74 Å². The molecule has 3 nitrogen and oxygen atoms in total. The molecular formula is C12H16BrNO2. The highest BCUT2D eigenvalue weighted by atomic mass is 79.9. The predicted molar refractivity (Wildman–Crippen MR) is 67.2 cm³/mol. The van der Waals surface area contributed by atoms with E-state index in [9.17, 15) is 5.11 Å². The van der Waals surface area contributed by atoms with Crippen LogP contribution in [-0.2, 0) is 0 Å². The molecule has 1 aliphatic heterocycles. The summed E-state index contributed by atoms with van der Waals surface area (Å²) in [4.78, 5) is 0. The fourth-order valence-corrected chi connectivity index (χ4v) is 2.81. The van der Waals surface area contributed by atoms with Crippen molar-refractivity contribution in [2.24, 2.45) is 0 Å². The first-order chi connectivity index (χ1) is 7.74. The van der Waals surface area contributed by atoms with Crippen LogP contribution < -0.4 is 10.1 Å². The highest BCUT2D eigenvalue weighted by molar-refractivity contribution is 9.10. The number of phenolic OH excluding ortho intramolecular Hbond substituents is 1. The van der Waals surface area contributed by atoms with Gasteiger partial charge in [0.25, 0.3) is 0 Å². The Bertz CT molecular complexity index is 376. The number of hydrogen-bond donors (Lipinski definition) is 2. The quantitative estimate of drug-likeness (QED) is 0.878. The molecule has 1 fully saturated rings. The maximum absolute atomic E-state index is 9.92. The predicted octanol–water partition coefficient (Wildman–Crippen LogP) is 2.63. The molecule has 0 aromatic heterocycles. The summed E-state index contributed by atoms with van der Waals surface area (Å²) < 4.78 is 5.84. The second-order valence-corrected chi connectivity index (χ2v) is 4.86. The number of hydrogen-bond acceptors (Lipinski definition) is 3. The fourth-order valence-electron chi connectivity index (χ4n) is 2.16. The van der Waals surface area contributed by atoms with Crippen molar-refractivity contribution in [2.75, 3.05) is 20.2 Å². The van der Waals surface area contributed by atoms with E-state index in [2.05, 4.69) is 21.2 Å². The molecule has 88 valence electrons. The SMILES string of the molecule is COc1ccc(C2CCCNC2)c(Br)c1O. The Morgan fingerprint density at radius 2 is 2.31 bits per heavy atom. The summed E-state index contributed by atoms with van der Waals surface area (Å²) in [5.41, 5.74) is 1.16. The standard InChI is InChI=1S/C12H16BrNO2/c1-16-10-5-4-9(11(13)12(10)15)8-3-2-6-14-7-8/h4-5,8,14-15H,2-3,6-7H2,1H3. The Morgan fingerprint density at radius 3 is 2.94 bits per heavy atom. The van der Waals surface area contributed by atoms with Crippen molar-refractivity contribution in [3.8, 4) is 11.5 Å². The summed E-state index contributed by atoms with van der Waals surface area (Å²) in [6, 6.07) is 3.85. The summed E-state index contributed by atoms with van der Waals surface area (Å²) >= 11 is 3.45. The maximum Gasteiger partial charge on any atom is 0.172 e. The number of rotatable bonds is 2. The molecule has 1 aliphatic rings. The van der Waals surface area contributed by atoms with Crippen LogP contribution in [0, 0.1) is 0 Å². The monoisotopic (exact) mass is 285 g/mol. The maximum atomic E-state index is 9.92. The topological polar surface area (TPSA) is 41.5 Å². The van der Waals surface area contributed by atoms with Gasteiger partial charge >= 0.3 is 0 Å². The largest absolute Gasteiger partial charge is 0.503 e. The van der Waals surface area contributed by atoms with Crippen molar-refractivity contribution in [2.45, 2.75) is 18.8 Å². The molecule has 1 aromatic rings. The molecule has 16 heavy (non-hydrogen) atoms. The number of piperidine rings is 1. The Hall–Kier alpha value is -0.740. The number of methoxy groups -OCH3 is 1. The van der Waals surface area contributed by atoms with Crippen molar-refractivity contribution >= 4 is 15.9 Å². The van der Waals surface area contributed by atoms with E-state index in [0.29, 0.717) is 11.7 Å². The third-order valence-electron chi connectivity index (χ3n) is 3.07. The molecule has 0 saturated carbocycles. The molecule has 1 heterocycles. The molecule has 4 heteroatoms. The molecule has 1 atom stereocenters. The first-order valence-electron chi connectivity index (χ1n) is 5.50. The van der Waals surface area contributed by atoms with Crippen LogP contribution in [0.4, 0.5) is 0 Å². The van der Waals surface area contributed by atoms with Crippen molar-refractivity contribution in [1.29, 1.82) is 0 Å². The van der Waals surface area contributed by atoms with Crippen LogP contribution in [-0.4, -0.2) is 25.3 Å². The van der Waals surface area contributed by atoms with Gasteiger partial charge < -0.3 is 15.2 Å². The molecule has 1 unspecified atom stereocenters. The molecule has 1 saturated heterocycles. The summed E-state index contributed by atoms with van der Waals surface area (Å²) in [6.45, 7) is 2.07. The Balaban J connectivity index is 2.30. The van der Waals surface area contributed by atoms with Crippen LogP contribution >= 0.6 is 15.9 Å². The summed E-state index contributed by atoms with van der Waals surface area (Å²) in [7, 11) is 1.56. The van der Waals surface area contributed by atoms with Gasteiger partial charge in [-0.1, -0.05) is 6.07 Å². The van der Waals surface area contributed by atoms with Gasteiger partial charge in [0.15, 0.2) is 11.5 Å². The smallest absolute Gasteiger partial charge is 0.172 e. The van der Waals surface area contributed by atoms with Crippen LogP contribution in [0.1, 0.15) is 24.3 Å². The Labute approximate surface area is 104 Å². The van der Waals surface area contributed by atoms with Gasteiger partial charge in [-0.15, -0.1) is 0 Å². The zero-order valence-corrected chi connectivity index (χ0v) is 10.9. The number of halogens is 1. The zero-order chi connectivity index (χ0) is 11.5.